The molecule has 3 aromatic heterocycles. The normalized spacial score (nSPS) is 20.4. The summed E-state index contributed by atoms with van der Waals surface area (Å²) in [5.41, 5.74) is 11.9. The van der Waals surface area contributed by atoms with Gasteiger partial charge in [-0.05, 0) is 72.8 Å². The number of likely N-dealkylation sites (tertiary alicyclic amines) is 1. The van der Waals surface area contributed by atoms with E-state index in [1.807, 2.05) is 41.3 Å². The number of nitrogens with two attached hydrogens (primary N) is 1. The van der Waals surface area contributed by atoms with E-state index < -0.39 is 23.2 Å². The third-order valence-corrected chi connectivity index (χ3v) is 12.5. The summed E-state index contributed by atoms with van der Waals surface area (Å²) in [6.45, 7) is 1.63. The number of carbonyl (C=O) groups excluding carboxylic acids is 3. The number of anilines is 4. The molecule has 1 unspecified atom stereocenters. The van der Waals surface area contributed by atoms with Gasteiger partial charge >= 0.3 is 0 Å². The maximum atomic E-state index is 16.0. The van der Waals surface area contributed by atoms with Crippen molar-refractivity contribution in [2.45, 2.75) is 63.3 Å². The molecular weight excluding hydrogens is 778 g/mol. The van der Waals surface area contributed by atoms with E-state index in [1.54, 1.807) is 36.3 Å². The lowest BCUT2D eigenvalue weighted by atomic mass is 9.68. The third kappa shape index (κ3) is 7.24. The van der Waals surface area contributed by atoms with Gasteiger partial charge in [-0.3, -0.25) is 29.6 Å². The second kappa shape index (κ2) is 15.2. The number of rotatable bonds is 8. The number of hydrogen-bond donors (Lipinski definition) is 3. The third-order valence-electron chi connectivity index (χ3n) is 12.2. The van der Waals surface area contributed by atoms with Crippen molar-refractivity contribution in [1.29, 1.82) is 0 Å². The molecule has 16 heteroatoms. The van der Waals surface area contributed by atoms with Crippen molar-refractivity contribution in [2.24, 2.45) is 11.1 Å². The van der Waals surface area contributed by atoms with Gasteiger partial charge in [-0.15, -0.1) is 5.10 Å². The number of aromatic nitrogens is 4. The number of primary amides is 1. The maximum Gasteiger partial charge on any atom is 0.269 e. The highest BCUT2D eigenvalue weighted by Gasteiger charge is 2.62. The number of halogens is 3. The van der Waals surface area contributed by atoms with Crippen molar-refractivity contribution in [3.05, 3.63) is 94.4 Å². The molecule has 0 radical (unpaired) electrons. The van der Waals surface area contributed by atoms with Crippen LogP contribution in [0, 0.1) is 5.41 Å². The first-order chi connectivity index (χ1) is 28.4. The van der Waals surface area contributed by atoms with Crippen molar-refractivity contribution < 1.29 is 23.2 Å². The van der Waals surface area contributed by atoms with Crippen molar-refractivity contribution in [3.63, 3.8) is 0 Å². The average Bonchev–Trinajstić information content (AvgIpc) is 3.92. The number of pyridine rings is 1. The number of carbonyl (C=O) groups is 3. The lowest BCUT2D eigenvalue weighted by molar-refractivity contribution is -0.181. The average molecular weight is 823 g/mol. The first kappa shape index (κ1) is 38.8. The van der Waals surface area contributed by atoms with Gasteiger partial charge in [0.2, 0.25) is 11.8 Å². The minimum atomic E-state index is -2.91. The van der Waals surface area contributed by atoms with Gasteiger partial charge in [0, 0.05) is 73.9 Å². The standard InChI is InChI=1S/C40H39ClF2N10O3.C3H6/c1-45-31-16-34(49-53-33(36(44)55)18-47-37(31)53)52-13-11-26-25(3-2-4-32(26)52)30-9-5-23(17-46-30)19-50-14-12-39(40(42,43)22-50)20-51(21-39)24-6-8-29(41)28(15-24)27-7-10-35(54)48-38(27)56;1-2-3-1/h2-6,8-9,15-18,27,45H,7,10-14,19-22H2,1H3,(H2,44,55)(H,48,54,56);1-3H2. The number of amides is 3. The smallest absolute Gasteiger partial charge is 0.269 e. The summed E-state index contributed by atoms with van der Waals surface area (Å²) in [6.07, 6.45) is 9.38. The molecule has 13 nitrogen and oxygen atoms in total. The van der Waals surface area contributed by atoms with Gasteiger partial charge in [-0.2, -0.15) is 0 Å². The van der Waals surface area contributed by atoms with Crippen LogP contribution < -0.4 is 26.2 Å². The minimum absolute atomic E-state index is 0.191. The van der Waals surface area contributed by atoms with E-state index in [0.29, 0.717) is 60.2 Å². The summed E-state index contributed by atoms with van der Waals surface area (Å²) in [5, 5.41) is 10.7. The molecule has 1 spiro atoms. The van der Waals surface area contributed by atoms with Crippen molar-refractivity contribution >= 4 is 57.8 Å². The molecule has 306 valence electrons. The van der Waals surface area contributed by atoms with Crippen molar-refractivity contribution in [3.8, 4) is 11.3 Å². The summed E-state index contributed by atoms with van der Waals surface area (Å²) in [5.74, 6) is -4.13. The Bertz CT molecular complexity index is 2470. The molecule has 4 aliphatic heterocycles. The number of piperidine rings is 2. The van der Waals surface area contributed by atoms with Gasteiger partial charge in [-0.25, -0.2) is 18.3 Å². The fourth-order valence-electron chi connectivity index (χ4n) is 8.75. The Morgan fingerprint density at radius 1 is 1.00 bits per heavy atom. The van der Waals surface area contributed by atoms with E-state index in [2.05, 4.69) is 20.5 Å². The molecular formula is C43H45ClF2N10O3. The van der Waals surface area contributed by atoms with Gasteiger partial charge in [0.15, 0.2) is 11.5 Å². The van der Waals surface area contributed by atoms with Gasteiger partial charge in [0.05, 0.1) is 35.5 Å². The Morgan fingerprint density at radius 2 is 1.81 bits per heavy atom. The molecule has 10 rings (SSSR count). The molecule has 5 aliphatic rings. The van der Waals surface area contributed by atoms with Gasteiger partial charge < -0.3 is 20.9 Å². The number of imide groups is 1. The zero-order valence-electron chi connectivity index (χ0n) is 32.7. The quantitative estimate of drug-likeness (QED) is 0.152. The lowest BCUT2D eigenvalue weighted by Crippen LogP contribution is -2.70. The van der Waals surface area contributed by atoms with Crippen molar-refractivity contribution in [1.82, 2.24) is 29.8 Å². The zero-order valence-corrected chi connectivity index (χ0v) is 33.4. The Balaban J connectivity index is 0.00000143. The van der Waals surface area contributed by atoms with Gasteiger partial charge in [0.25, 0.3) is 11.8 Å². The van der Waals surface area contributed by atoms with Crippen LogP contribution in [0.2, 0.25) is 5.02 Å². The summed E-state index contributed by atoms with van der Waals surface area (Å²) in [4.78, 5) is 51.2. The molecule has 0 bridgehead atoms. The zero-order chi connectivity index (χ0) is 41.1. The summed E-state index contributed by atoms with van der Waals surface area (Å²) in [7, 11) is 1.78. The Kier molecular flexibility index (Phi) is 9.98. The Labute approximate surface area is 344 Å². The van der Waals surface area contributed by atoms with Crippen LogP contribution in [0.5, 0.6) is 0 Å². The number of alkyl halides is 2. The molecule has 59 heavy (non-hydrogen) atoms. The number of nitrogens with zero attached hydrogens (tertiary/aromatic N) is 7. The summed E-state index contributed by atoms with van der Waals surface area (Å²) < 4.78 is 33.4. The van der Waals surface area contributed by atoms with Crippen LogP contribution in [0.15, 0.2) is 67.0 Å². The van der Waals surface area contributed by atoms with Crippen LogP contribution in [0.3, 0.4) is 0 Å². The van der Waals surface area contributed by atoms with Crippen LogP contribution in [-0.2, 0) is 22.6 Å². The van der Waals surface area contributed by atoms with Crippen LogP contribution in [0.1, 0.15) is 71.6 Å². The fraction of sp³-hybridized carbons (Fsp3) is 0.395. The van der Waals surface area contributed by atoms with E-state index in [9.17, 15) is 14.4 Å². The van der Waals surface area contributed by atoms with E-state index in [-0.39, 0.29) is 43.6 Å². The highest BCUT2D eigenvalue weighted by Crippen LogP contribution is 2.52. The number of fused-ring (bicyclic) bond motifs is 2. The Hall–Kier alpha value is -5.67. The highest BCUT2D eigenvalue weighted by molar-refractivity contribution is 6.31. The molecule has 1 atom stereocenters. The molecule has 2 aromatic carbocycles. The Morgan fingerprint density at radius 3 is 2.51 bits per heavy atom. The van der Waals surface area contributed by atoms with E-state index in [1.165, 1.54) is 30.0 Å². The first-order valence-electron chi connectivity index (χ1n) is 20.1. The summed E-state index contributed by atoms with van der Waals surface area (Å²) in [6, 6.07) is 17.2. The largest absolute Gasteiger partial charge is 0.385 e. The number of hydrogen-bond acceptors (Lipinski definition) is 10. The topological polar surface area (TPSA) is 154 Å². The van der Waals surface area contributed by atoms with Crippen molar-refractivity contribution in [2.75, 3.05) is 54.9 Å². The lowest BCUT2D eigenvalue weighted by Gasteiger charge is -2.58. The van der Waals surface area contributed by atoms with E-state index in [0.717, 1.165) is 40.2 Å². The number of imidazole rings is 1. The summed E-state index contributed by atoms with van der Waals surface area (Å²) >= 11 is 6.45. The molecule has 4 fully saturated rings. The number of benzene rings is 2. The molecule has 1 saturated carbocycles. The first-order valence-corrected chi connectivity index (χ1v) is 20.5. The molecule has 3 saturated heterocycles. The molecule has 5 aromatic rings. The van der Waals surface area contributed by atoms with Crippen LogP contribution in [0.25, 0.3) is 16.9 Å². The SMILES string of the molecule is C1CC1.CNc1cc(N2CCc3c(-c4ccc(CN5CCC6(CN(c7ccc(Cl)c(C8CCC(=O)NC8=O)c7)C6)C(F)(F)C5)cn4)cccc32)nn2c(C(N)=O)cnc12. The number of nitrogens with one attached hydrogen (secondary N) is 2. The monoisotopic (exact) mass is 822 g/mol. The minimum Gasteiger partial charge on any atom is -0.385 e. The van der Waals surface area contributed by atoms with E-state index >= 15 is 8.78 Å². The molecule has 7 heterocycles. The second-order valence-corrected chi connectivity index (χ2v) is 16.6. The van der Waals surface area contributed by atoms with Gasteiger partial charge in [-0.1, -0.05) is 49.1 Å². The van der Waals surface area contributed by atoms with Crippen LogP contribution in [-0.4, -0.2) is 87.9 Å². The maximum absolute atomic E-state index is 16.0. The van der Waals surface area contributed by atoms with E-state index in [4.69, 9.17) is 27.4 Å². The molecule has 1 aliphatic carbocycles. The second-order valence-electron chi connectivity index (χ2n) is 16.2. The molecule has 3 amide bonds. The van der Waals surface area contributed by atoms with Gasteiger partial charge in [0.1, 0.15) is 5.69 Å². The molecule has 4 N–H and O–H groups in total. The predicted octanol–water partition coefficient (Wildman–Crippen LogP) is 6.32. The highest BCUT2D eigenvalue weighted by atomic mass is 35.5. The van der Waals surface area contributed by atoms with Crippen LogP contribution in [0.4, 0.5) is 31.7 Å². The predicted molar refractivity (Wildman–Crippen MR) is 221 cm³/mol. The fourth-order valence-corrected chi connectivity index (χ4v) is 9.00. The van der Waals surface area contributed by atoms with Crippen LogP contribution >= 0.6 is 11.6 Å².